The van der Waals surface area contributed by atoms with Crippen LogP contribution in [-0.2, 0) is 9.59 Å². The average molecular weight is 197 g/mol. The van der Waals surface area contributed by atoms with Gasteiger partial charge in [0.2, 0.25) is 5.91 Å². The first-order valence-corrected chi connectivity index (χ1v) is 5.38. The third-order valence-corrected chi connectivity index (χ3v) is 2.87. The highest BCUT2D eigenvalue weighted by Crippen LogP contribution is 2.23. The van der Waals surface area contributed by atoms with E-state index in [0.29, 0.717) is 5.92 Å². The van der Waals surface area contributed by atoms with Gasteiger partial charge in [-0.2, -0.15) is 0 Å². The Bertz CT molecular complexity index is 225. The van der Waals surface area contributed by atoms with E-state index in [1.807, 2.05) is 0 Å². The van der Waals surface area contributed by atoms with Gasteiger partial charge in [-0.15, -0.1) is 0 Å². The predicted octanol–water partition coefficient (Wildman–Crippen LogP) is 1.66. The van der Waals surface area contributed by atoms with Gasteiger partial charge in [0, 0.05) is 6.04 Å². The molecule has 0 unspecified atom stereocenters. The van der Waals surface area contributed by atoms with Crippen LogP contribution in [-0.4, -0.2) is 17.7 Å². The molecule has 3 heteroatoms. The maximum absolute atomic E-state index is 11.3. The Kier molecular flexibility index (Phi) is 4.11. The topological polar surface area (TPSA) is 46.2 Å². The molecule has 0 spiro atoms. The van der Waals surface area contributed by atoms with Crippen LogP contribution in [0.15, 0.2) is 0 Å². The highest BCUT2D eigenvalue weighted by atomic mass is 16.2. The van der Waals surface area contributed by atoms with E-state index in [0.717, 1.165) is 6.42 Å². The molecule has 0 aromatic heterocycles. The van der Waals surface area contributed by atoms with Crippen molar-refractivity contribution < 1.29 is 9.59 Å². The lowest BCUT2D eigenvalue weighted by Crippen LogP contribution is -2.41. The largest absolute Gasteiger partial charge is 0.353 e. The van der Waals surface area contributed by atoms with E-state index in [1.165, 1.54) is 26.2 Å². The maximum Gasteiger partial charge on any atom is 0.227 e. The second kappa shape index (κ2) is 5.13. The average Bonchev–Trinajstić information content (AvgIpc) is 2.07. The van der Waals surface area contributed by atoms with Crippen LogP contribution in [0.3, 0.4) is 0 Å². The van der Waals surface area contributed by atoms with Gasteiger partial charge in [0.15, 0.2) is 0 Å². The van der Waals surface area contributed by atoms with Gasteiger partial charge in [0.05, 0.1) is 6.42 Å². The second-order valence-corrected chi connectivity index (χ2v) is 4.31. The second-order valence-electron chi connectivity index (χ2n) is 4.31. The molecule has 0 saturated heterocycles. The lowest BCUT2D eigenvalue weighted by atomic mass is 9.86. The first kappa shape index (κ1) is 11.2. The van der Waals surface area contributed by atoms with Gasteiger partial charge >= 0.3 is 0 Å². The van der Waals surface area contributed by atoms with E-state index in [9.17, 15) is 9.59 Å². The third-order valence-electron chi connectivity index (χ3n) is 2.87. The lowest BCUT2D eigenvalue weighted by Gasteiger charge is -2.29. The normalized spacial score (nSPS) is 27.0. The number of nitrogens with one attached hydrogen (secondary N) is 1. The molecular weight excluding hydrogens is 178 g/mol. The number of hydrogen-bond acceptors (Lipinski definition) is 2. The smallest absolute Gasteiger partial charge is 0.227 e. The molecule has 1 N–H and O–H groups in total. The fraction of sp³-hybridized carbons (Fsp3) is 0.818. The fourth-order valence-corrected chi connectivity index (χ4v) is 2.01. The summed E-state index contributed by atoms with van der Waals surface area (Å²) < 4.78 is 0. The van der Waals surface area contributed by atoms with E-state index < -0.39 is 0 Å². The van der Waals surface area contributed by atoms with Gasteiger partial charge in [-0.05, 0) is 25.7 Å². The molecule has 1 aliphatic rings. The molecule has 0 aromatic carbocycles. The maximum atomic E-state index is 11.3. The molecule has 80 valence electrons. The molecule has 1 amide bonds. The Morgan fingerprint density at radius 2 is 1.93 bits per heavy atom. The molecule has 2 atom stereocenters. The zero-order chi connectivity index (χ0) is 10.6. The minimum atomic E-state index is -0.115. The molecule has 1 saturated carbocycles. The SMILES string of the molecule is CC(=O)CC(=O)N[C@@H]1CCCC[C@@H]1C. The number of Topliss-reactive ketones (excluding diaryl/α,β-unsaturated/α-hetero) is 1. The summed E-state index contributed by atoms with van der Waals surface area (Å²) in [6, 6.07) is 0.288. The van der Waals surface area contributed by atoms with Gasteiger partial charge in [-0.25, -0.2) is 0 Å². The molecule has 0 heterocycles. The van der Waals surface area contributed by atoms with Crippen molar-refractivity contribution in [2.45, 2.75) is 52.0 Å². The van der Waals surface area contributed by atoms with Crippen molar-refractivity contribution in [3.05, 3.63) is 0 Å². The van der Waals surface area contributed by atoms with Crippen LogP contribution < -0.4 is 5.32 Å². The van der Waals surface area contributed by atoms with E-state index in [2.05, 4.69) is 12.2 Å². The molecule has 0 aromatic rings. The van der Waals surface area contributed by atoms with Crippen molar-refractivity contribution in [1.82, 2.24) is 5.32 Å². The van der Waals surface area contributed by atoms with Crippen molar-refractivity contribution >= 4 is 11.7 Å². The lowest BCUT2D eigenvalue weighted by molar-refractivity contribution is -0.128. The zero-order valence-corrected chi connectivity index (χ0v) is 9.01. The standard InChI is InChI=1S/C11H19NO2/c1-8-5-3-4-6-10(8)12-11(14)7-9(2)13/h8,10H,3-7H2,1-2H3,(H,12,14)/t8-,10+/m0/s1. The fourth-order valence-electron chi connectivity index (χ4n) is 2.01. The molecule has 1 fully saturated rings. The summed E-state index contributed by atoms with van der Waals surface area (Å²) in [7, 11) is 0. The van der Waals surface area contributed by atoms with Crippen LogP contribution in [0.25, 0.3) is 0 Å². The molecular formula is C11H19NO2. The molecule has 1 rings (SSSR count). The van der Waals surface area contributed by atoms with Crippen molar-refractivity contribution in [1.29, 1.82) is 0 Å². The number of carbonyl (C=O) groups excluding carboxylic acids is 2. The number of carbonyl (C=O) groups is 2. The number of rotatable bonds is 3. The predicted molar refractivity (Wildman–Crippen MR) is 54.9 cm³/mol. The summed E-state index contributed by atoms with van der Waals surface area (Å²) >= 11 is 0. The molecule has 3 nitrogen and oxygen atoms in total. The molecule has 1 aliphatic carbocycles. The van der Waals surface area contributed by atoms with Crippen molar-refractivity contribution in [2.24, 2.45) is 5.92 Å². The Balaban J connectivity index is 2.34. The minimum Gasteiger partial charge on any atom is -0.353 e. The Morgan fingerprint density at radius 1 is 1.29 bits per heavy atom. The number of ketones is 1. The summed E-state index contributed by atoms with van der Waals surface area (Å²) in [6.07, 6.45) is 4.73. The summed E-state index contributed by atoms with van der Waals surface area (Å²) in [6.45, 7) is 3.61. The van der Waals surface area contributed by atoms with Crippen LogP contribution in [0.2, 0.25) is 0 Å². The monoisotopic (exact) mass is 197 g/mol. The van der Waals surface area contributed by atoms with Crippen molar-refractivity contribution in [2.75, 3.05) is 0 Å². The first-order valence-electron chi connectivity index (χ1n) is 5.38. The van der Waals surface area contributed by atoms with E-state index >= 15 is 0 Å². The van der Waals surface area contributed by atoms with Crippen molar-refractivity contribution in [3.8, 4) is 0 Å². The summed E-state index contributed by atoms with van der Waals surface area (Å²) in [5.41, 5.74) is 0. The highest BCUT2D eigenvalue weighted by molar-refractivity contribution is 5.96. The van der Waals surface area contributed by atoms with Gasteiger partial charge < -0.3 is 5.32 Å². The molecule has 0 bridgehead atoms. The van der Waals surface area contributed by atoms with E-state index in [4.69, 9.17) is 0 Å². The van der Waals surface area contributed by atoms with Crippen LogP contribution >= 0.6 is 0 Å². The third kappa shape index (κ3) is 3.48. The summed E-state index contributed by atoms with van der Waals surface area (Å²) in [4.78, 5) is 22.1. The Morgan fingerprint density at radius 3 is 2.50 bits per heavy atom. The van der Waals surface area contributed by atoms with Gasteiger partial charge in [-0.3, -0.25) is 9.59 Å². The van der Waals surface area contributed by atoms with Crippen LogP contribution in [0.4, 0.5) is 0 Å². The Hall–Kier alpha value is -0.860. The van der Waals surface area contributed by atoms with Gasteiger partial charge in [-0.1, -0.05) is 19.8 Å². The summed E-state index contributed by atoms with van der Waals surface area (Å²) in [5, 5.41) is 2.94. The summed E-state index contributed by atoms with van der Waals surface area (Å²) in [5.74, 6) is 0.377. The molecule has 0 radical (unpaired) electrons. The van der Waals surface area contributed by atoms with Crippen LogP contribution in [0, 0.1) is 5.92 Å². The quantitative estimate of drug-likeness (QED) is 0.699. The van der Waals surface area contributed by atoms with Crippen molar-refractivity contribution in [3.63, 3.8) is 0 Å². The molecule has 0 aliphatic heterocycles. The van der Waals surface area contributed by atoms with E-state index in [-0.39, 0.29) is 24.2 Å². The van der Waals surface area contributed by atoms with E-state index in [1.54, 1.807) is 0 Å². The Labute approximate surface area is 85.3 Å². The zero-order valence-electron chi connectivity index (χ0n) is 9.01. The van der Waals surface area contributed by atoms with Crippen LogP contribution in [0.5, 0.6) is 0 Å². The van der Waals surface area contributed by atoms with Crippen LogP contribution in [0.1, 0.15) is 46.0 Å². The molecule has 14 heavy (non-hydrogen) atoms. The van der Waals surface area contributed by atoms with Gasteiger partial charge in [0.25, 0.3) is 0 Å². The number of amides is 1. The van der Waals surface area contributed by atoms with Gasteiger partial charge in [0.1, 0.15) is 5.78 Å². The highest BCUT2D eigenvalue weighted by Gasteiger charge is 2.22. The number of hydrogen-bond donors (Lipinski definition) is 1. The minimum absolute atomic E-state index is 0.0310. The first-order chi connectivity index (χ1) is 6.59.